The van der Waals surface area contributed by atoms with Crippen LogP contribution in [-0.2, 0) is 4.74 Å². The second kappa shape index (κ2) is 4.53. The van der Waals surface area contributed by atoms with Crippen molar-refractivity contribution in [3.8, 4) is 0 Å². The number of carbonyl (C=O) groups excluding carboxylic acids is 1. The Kier molecular flexibility index (Phi) is 3.36. The number of urea groups is 1. The summed E-state index contributed by atoms with van der Waals surface area (Å²) in [6.07, 6.45) is 3.95. The van der Waals surface area contributed by atoms with Gasteiger partial charge in [0.2, 0.25) is 0 Å². The minimum Gasteiger partial charge on any atom is -0.385 e. The van der Waals surface area contributed by atoms with Crippen LogP contribution in [0.4, 0.5) is 4.79 Å². The molecule has 2 N–H and O–H groups in total. The van der Waals surface area contributed by atoms with Crippen LogP contribution in [0.2, 0.25) is 0 Å². The first-order valence-corrected chi connectivity index (χ1v) is 6.56. The lowest BCUT2D eigenvalue weighted by atomic mass is 9.68. The molecule has 1 aliphatic heterocycles. The molecule has 18 heavy (non-hydrogen) atoms. The molecule has 0 saturated heterocycles. The van der Waals surface area contributed by atoms with Crippen LogP contribution in [0.25, 0.3) is 0 Å². The predicted molar refractivity (Wildman–Crippen MR) is 70.6 cm³/mol. The van der Waals surface area contributed by atoms with Crippen molar-refractivity contribution < 1.29 is 9.53 Å². The number of methoxy groups -OCH3 is 1. The first-order valence-electron chi connectivity index (χ1n) is 6.56. The summed E-state index contributed by atoms with van der Waals surface area (Å²) in [6.45, 7) is 5.63. The molecule has 1 saturated carbocycles. The number of nitrogens with two attached hydrogens (primary N) is 1. The predicted octanol–water partition coefficient (Wildman–Crippen LogP) is 1.76. The lowest BCUT2D eigenvalue weighted by Crippen LogP contribution is -2.57. The maximum Gasteiger partial charge on any atom is 0.346 e. The fraction of sp³-hybridized carbons (Fsp3) is 0.846. The van der Waals surface area contributed by atoms with Gasteiger partial charge >= 0.3 is 6.03 Å². The molecule has 102 valence electrons. The fourth-order valence-corrected chi connectivity index (χ4v) is 2.95. The zero-order chi connectivity index (χ0) is 13.4. The Balaban J connectivity index is 2.18. The van der Waals surface area contributed by atoms with Gasteiger partial charge in [-0.3, -0.25) is 0 Å². The van der Waals surface area contributed by atoms with Gasteiger partial charge in [0.25, 0.3) is 0 Å². The Morgan fingerprint density at radius 2 is 1.94 bits per heavy atom. The average molecular weight is 253 g/mol. The molecule has 2 amide bonds. The third kappa shape index (κ3) is 2.11. The first kappa shape index (κ1) is 13.3. The number of hydrogen-bond donors (Lipinski definition) is 1. The Labute approximate surface area is 108 Å². The van der Waals surface area contributed by atoms with Crippen molar-refractivity contribution in [1.82, 2.24) is 4.90 Å². The average Bonchev–Trinajstić information content (AvgIpc) is 2.53. The fourth-order valence-electron chi connectivity index (χ4n) is 2.95. The van der Waals surface area contributed by atoms with E-state index in [1.54, 1.807) is 12.0 Å². The number of hydrogen-bond acceptors (Lipinski definition) is 3. The second-order valence-electron chi connectivity index (χ2n) is 6.12. The van der Waals surface area contributed by atoms with Crippen LogP contribution < -0.4 is 5.73 Å². The number of nitrogens with zero attached hydrogens (tertiary/aromatic N) is 2. The van der Waals surface area contributed by atoms with Crippen molar-refractivity contribution in [3.63, 3.8) is 0 Å². The molecule has 0 bridgehead atoms. The maximum atomic E-state index is 11.9. The molecule has 0 aromatic rings. The number of carbonyl (C=O) groups is 1. The summed E-state index contributed by atoms with van der Waals surface area (Å²) in [4.78, 5) is 17.7. The Morgan fingerprint density at radius 3 is 2.50 bits per heavy atom. The van der Waals surface area contributed by atoms with Crippen molar-refractivity contribution in [2.45, 2.75) is 45.1 Å². The van der Waals surface area contributed by atoms with Gasteiger partial charge in [0.15, 0.2) is 0 Å². The molecule has 2 rings (SSSR count). The van der Waals surface area contributed by atoms with Crippen molar-refractivity contribution >= 4 is 11.9 Å². The standard InChI is InChI=1S/C13H23N3O2/c1-12(2)4-6-13(7-5-12)10(14)15-11(17)16(13)8-9-18-3/h4-9H2,1-3H3,(H2,14,15,17). The van der Waals surface area contributed by atoms with E-state index in [1.807, 2.05) is 0 Å². The SMILES string of the molecule is COCCN1C(=O)N=C(N)C12CCC(C)(C)CC2. The highest BCUT2D eigenvalue weighted by Crippen LogP contribution is 2.45. The van der Waals surface area contributed by atoms with Gasteiger partial charge in [0.05, 0.1) is 6.61 Å². The van der Waals surface area contributed by atoms with Crippen LogP contribution in [-0.4, -0.2) is 42.6 Å². The van der Waals surface area contributed by atoms with E-state index in [1.165, 1.54) is 0 Å². The van der Waals surface area contributed by atoms with E-state index in [4.69, 9.17) is 10.5 Å². The van der Waals surface area contributed by atoms with E-state index < -0.39 is 0 Å². The molecule has 1 aliphatic carbocycles. The van der Waals surface area contributed by atoms with Gasteiger partial charge in [-0.2, -0.15) is 4.99 Å². The molecular weight excluding hydrogens is 230 g/mol. The van der Waals surface area contributed by atoms with Gasteiger partial charge in [-0.05, 0) is 31.1 Å². The van der Waals surface area contributed by atoms with E-state index in [2.05, 4.69) is 18.8 Å². The summed E-state index contributed by atoms with van der Waals surface area (Å²) in [6, 6.07) is -0.204. The molecule has 0 atom stereocenters. The Bertz CT molecular complexity index is 366. The summed E-state index contributed by atoms with van der Waals surface area (Å²) in [7, 11) is 1.64. The van der Waals surface area contributed by atoms with Gasteiger partial charge in [0.1, 0.15) is 11.4 Å². The molecule has 0 aromatic heterocycles. The second-order valence-corrected chi connectivity index (χ2v) is 6.12. The normalized spacial score (nSPS) is 25.6. The first-order chi connectivity index (χ1) is 8.41. The number of rotatable bonds is 3. The van der Waals surface area contributed by atoms with Crippen LogP contribution in [0.3, 0.4) is 0 Å². The zero-order valence-electron chi connectivity index (χ0n) is 11.5. The summed E-state index contributed by atoms with van der Waals surface area (Å²) in [5.74, 6) is 0.499. The molecule has 0 unspecified atom stereocenters. The van der Waals surface area contributed by atoms with Crippen molar-refractivity contribution in [2.24, 2.45) is 16.1 Å². The molecule has 5 nitrogen and oxygen atoms in total. The van der Waals surface area contributed by atoms with Crippen molar-refractivity contribution in [1.29, 1.82) is 0 Å². The van der Waals surface area contributed by atoms with Crippen LogP contribution in [0.15, 0.2) is 4.99 Å². The number of ether oxygens (including phenoxy) is 1. The third-order valence-corrected chi connectivity index (χ3v) is 4.39. The molecular formula is C13H23N3O2. The minimum atomic E-state index is -0.342. The maximum absolute atomic E-state index is 11.9. The molecule has 0 radical (unpaired) electrons. The van der Waals surface area contributed by atoms with E-state index in [-0.39, 0.29) is 11.6 Å². The highest BCUT2D eigenvalue weighted by molar-refractivity contribution is 6.05. The van der Waals surface area contributed by atoms with E-state index in [0.717, 1.165) is 25.7 Å². The molecule has 1 fully saturated rings. The molecule has 1 spiro atoms. The van der Waals surface area contributed by atoms with Gasteiger partial charge < -0.3 is 15.4 Å². The lowest BCUT2D eigenvalue weighted by molar-refractivity contribution is 0.0770. The van der Waals surface area contributed by atoms with Gasteiger partial charge in [-0.25, -0.2) is 4.79 Å². The number of amides is 2. The highest BCUT2D eigenvalue weighted by Gasteiger charge is 2.51. The van der Waals surface area contributed by atoms with Crippen LogP contribution >= 0.6 is 0 Å². The molecule has 0 aromatic carbocycles. The summed E-state index contributed by atoms with van der Waals surface area (Å²) in [5, 5.41) is 0. The third-order valence-electron chi connectivity index (χ3n) is 4.39. The largest absolute Gasteiger partial charge is 0.385 e. The van der Waals surface area contributed by atoms with Gasteiger partial charge in [-0.15, -0.1) is 0 Å². The summed E-state index contributed by atoms with van der Waals surface area (Å²) in [5.41, 5.74) is 6.03. The van der Waals surface area contributed by atoms with Crippen LogP contribution in [0.5, 0.6) is 0 Å². The molecule has 5 heteroatoms. The topological polar surface area (TPSA) is 67.9 Å². The summed E-state index contributed by atoms with van der Waals surface area (Å²) < 4.78 is 5.08. The highest BCUT2D eigenvalue weighted by atomic mass is 16.5. The van der Waals surface area contributed by atoms with Crippen molar-refractivity contribution in [2.75, 3.05) is 20.3 Å². The molecule has 2 aliphatic rings. The van der Waals surface area contributed by atoms with E-state index >= 15 is 0 Å². The van der Waals surface area contributed by atoms with E-state index in [0.29, 0.717) is 24.4 Å². The van der Waals surface area contributed by atoms with Crippen molar-refractivity contribution in [3.05, 3.63) is 0 Å². The smallest absolute Gasteiger partial charge is 0.346 e. The quantitative estimate of drug-likeness (QED) is 0.833. The number of aliphatic imine (C=N–C) groups is 1. The Morgan fingerprint density at radius 1 is 1.33 bits per heavy atom. The monoisotopic (exact) mass is 253 g/mol. The minimum absolute atomic E-state index is 0.204. The van der Waals surface area contributed by atoms with E-state index in [9.17, 15) is 4.79 Å². The zero-order valence-corrected chi connectivity index (χ0v) is 11.5. The molecule has 1 heterocycles. The van der Waals surface area contributed by atoms with Gasteiger partial charge in [-0.1, -0.05) is 13.8 Å². The lowest BCUT2D eigenvalue weighted by Gasteiger charge is -2.45. The number of amidine groups is 1. The van der Waals surface area contributed by atoms with Gasteiger partial charge in [0, 0.05) is 13.7 Å². The Hall–Kier alpha value is -1.10. The van der Waals surface area contributed by atoms with Crippen LogP contribution in [0.1, 0.15) is 39.5 Å². The summed E-state index contributed by atoms with van der Waals surface area (Å²) >= 11 is 0. The van der Waals surface area contributed by atoms with Crippen LogP contribution in [0, 0.1) is 5.41 Å².